The van der Waals surface area contributed by atoms with E-state index in [4.69, 9.17) is 33.7 Å². The molecule has 3 aliphatic carbocycles. The summed E-state index contributed by atoms with van der Waals surface area (Å²) >= 11 is 0. The van der Waals surface area contributed by atoms with Crippen molar-refractivity contribution >= 4 is 17.7 Å². The average Bonchev–Trinajstić information content (AvgIpc) is 4.09. The molecule has 0 radical (unpaired) electrons. The molecule has 2 aromatic rings. The monoisotopic (exact) mass is 1010 g/mol. The highest BCUT2D eigenvalue weighted by molar-refractivity contribution is 6.03. The quantitative estimate of drug-likeness (QED) is 0.0391. The molecule has 2 fully saturated rings. The fraction of sp³-hybridized carbons (Fsp3) is 0.683. The molecule has 0 spiro atoms. The Morgan fingerprint density at radius 1 is 0.863 bits per heavy atom. The average molecular weight is 1010 g/mol. The number of carbonyl (C=O) groups is 2. The molecular weight excluding hydrogens is 923 g/mol. The van der Waals surface area contributed by atoms with Crippen LogP contribution in [0.5, 0.6) is 23.0 Å². The minimum absolute atomic E-state index is 0.00959. The zero-order chi connectivity index (χ0) is 51.6. The zero-order valence-corrected chi connectivity index (χ0v) is 44.9. The maximum Gasteiger partial charge on any atom is 0.412 e. The number of aliphatic hydroxyl groups excluding tert-OH is 2. The molecule has 2 aliphatic heterocycles. The van der Waals surface area contributed by atoms with Gasteiger partial charge in [-0.05, 0) is 119 Å². The normalized spacial score (nSPS) is 23.6. The lowest BCUT2D eigenvalue weighted by molar-refractivity contribution is -0.258. The van der Waals surface area contributed by atoms with Crippen molar-refractivity contribution in [3.05, 3.63) is 71.8 Å². The van der Waals surface area contributed by atoms with Crippen molar-refractivity contribution in [2.75, 3.05) is 33.2 Å². The predicted octanol–water partition coefficient (Wildman–Crippen LogP) is 12.9. The number of hydrogen-bond acceptors (Lipinski definition) is 11. The molecule has 404 valence electrons. The molecular formula is C60H89N3O10. The molecule has 5 aliphatic rings. The molecule has 2 saturated carbocycles. The highest BCUT2D eigenvalue weighted by atomic mass is 16.7. The van der Waals surface area contributed by atoms with Gasteiger partial charge in [0.05, 0.1) is 18.2 Å². The van der Waals surface area contributed by atoms with E-state index in [1.807, 2.05) is 56.0 Å². The van der Waals surface area contributed by atoms with E-state index in [9.17, 15) is 15.0 Å². The maximum atomic E-state index is 15.4. The Labute approximate surface area is 436 Å². The van der Waals surface area contributed by atoms with Gasteiger partial charge in [0, 0.05) is 50.6 Å². The summed E-state index contributed by atoms with van der Waals surface area (Å²) in [5, 5.41) is 28.2. The van der Waals surface area contributed by atoms with E-state index in [0.29, 0.717) is 54.7 Å². The zero-order valence-electron chi connectivity index (χ0n) is 44.9. The lowest BCUT2D eigenvalue weighted by Crippen LogP contribution is -2.70. The number of aliphatic hydroxyl groups is 2. The number of amides is 2. The molecule has 6 atom stereocenters. The Morgan fingerprint density at radius 2 is 1.56 bits per heavy atom. The minimum atomic E-state index is -1.43. The van der Waals surface area contributed by atoms with Crippen molar-refractivity contribution in [2.45, 2.75) is 205 Å². The van der Waals surface area contributed by atoms with Crippen LogP contribution in [0.1, 0.15) is 192 Å². The van der Waals surface area contributed by atoms with E-state index in [1.54, 1.807) is 12.1 Å². The standard InChI is InChI=1S/C60H89N3O10/c1-6-8-9-10-11-12-13-14-15-20-33-61-58(67)71-46-29-31-51-49(39-46)56-47(26-19-22-35-65)45(25-18-21-34-64)38-48-50(62-73-59(3,4)5)40-54(60(72-51,57(48)56)70-36-7-2)63(55(66)32-28-43-23-16-17-24-43)41-44-27-30-52-53(37-44)69-42-68-52/h7,27,29-31,37-39,43,45,47,54,56-57,64-65H,2,6,8-26,28,32-36,40-42H2,1,3-5H3,(H,61,67)/t45-,47+,54-,56+,57+,60+/m0/s1. The third-order valence-electron chi connectivity index (χ3n) is 15.8. The lowest BCUT2D eigenvalue weighted by atomic mass is 9.55. The Bertz CT molecular complexity index is 2150. The molecule has 13 nitrogen and oxygen atoms in total. The summed E-state index contributed by atoms with van der Waals surface area (Å²) in [6.45, 7) is 13.6. The van der Waals surface area contributed by atoms with Crippen LogP contribution in [-0.2, 0) is 20.9 Å². The molecule has 2 amide bonds. The van der Waals surface area contributed by atoms with E-state index >= 15 is 4.79 Å². The Morgan fingerprint density at radius 3 is 2.27 bits per heavy atom. The highest BCUT2D eigenvalue weighted by Gasteiger charge is 2.65. The van der Waals surface area contributed by atoms with Crippen LogP contribution < -0.4 is 24.3 Å². The van der Waals surface area contributed by atoms with Gasteiger partial charge in [-0.3, -0.25) is 4.79 Å². The summed E-state index contributed by atoms with van der Waals surface area (Å²) in [4.78, 5) is 37.2. The fourth-order valence-electron chi connectivity index (χ4n) is 12.2. The second kappa shape index (κ2) is 27.8. The topological polar surface area (TPSA) is 158 Å². The van der Waals surface area contributed by atoms with Crippen molar-refractivity contribution in [1.82, 2.24) is 10.2 Å². The van der Waals surface area contributed by atoms with E-state index in [1.165, 1.54) is 57.8 Å². The van der Waals surface area contributed by atoms with Gasteiger partial charge in [-0.15, -0.1) is 6.58 Å². The van der Waals surface area contributed by atoms with Crippen molar-refractivity contribution in [3.8, 4) is 23.0 Å². The number of nitrogens with one attached hydrogen (secondary N) is 1. The molecule has 7 rings (SSSR count). The number of nitrogens with zero attached hydrogens (tertiary/aromatic N) is 2. The van der Waals surface area contributed by atoms with E-state index in [2.05, 4.69) is 24.9 Å². The van der Waals surface area contributed by atoms with Gasteiger partial charge in [0.15, 0.2) is 11.5 Å². The van der Waals surface area contributed by atoms with Gasteiger partial charge in [0.1, 0.15) is 23.1 Å². The van der Waals surface area contributed by atoms with Gasteiger partial charge >= 0.3 is 6.09 Å². The maximum absolute atomic E-state index is 15.4. The SMILES string of the molecule is C=CCO[C@@]12Oc3ccc(OC(=O)NCCCCCCCCCCCC)cc3[C@H]3[C@H](CCCCO)[C@@H](CCCCO)C=C(C(=NOC(C)(C)C)C[C@@H]1N(Cc1ccc4c(c1)OCO4)C(=O)CCC1CCCC1)[C@H]32. The van der Waals surface area contributed by atoms with Gasteiger partial charge in [-0.2, -0.15) is 0 Å². The molecule has 13 heteroatoms. The number of oxime groups is 1. The summed E-state index contributed by atoms with van der Waals surface area (Å²) in [5.74, 6) is 0.687. The Balaban J connectivity index is 1.29. The molecule has 3 N–H and O–H groups in total. The van der Waals surface area contributed by atoms with E-state index < -0.39 is 29.4 Å². The smallest absolute Gasteiger partial charge is 0.412 e. The third kappa shape index (κ3) is 15.1. The molecule has 0 bridgehead atoms. The first-order chi connectivity index (χ1) is 35.5. The van der Waals surface area contributed by atoms with Gasteiger partial charge in [0.2, 0.25) is 18.5 Å². The number of carbonyl (C=O) groups excluding carboxylic acids is 2. The van der Waals surface area contributed by atoms with Crippen LogP contribution in [0.4, 0.5) is 4.79 Å². The van der Waals surface area contributed by atoms with Crippen molar-refractivity contribution in [2.24, 2.45) is 28.8 Å². The molecule has 73 heavy (non-hydrogen) atoms. The van der Waals surface area contributed by atoms with Crippen LogP contribution in [0.2, 0.25) is 0 Å². The lowest BCUT2D eigenvalue weighted by Gasteiger charge is -2.60. The number of unbranched alkanes of at least 4 members (excludes halogenated alkanes) is 11. The number of allylic oxidation sites excluding steroid dienone is 1. The predicted molar refractivity (Wildman–Crippen MR) is 286 cm³/mol. The van der Waals surface area contributed by atoms with Gasteiger partial charge in [0.25, 0.3) is 0 Å². The van der Waals surface area contributed by atoms with E-state index in [0.717, 1.165) is 86.6 Å². The number of ether oxygens (including phenoxy) is 5. The highest BCUT2D eigenvalue weighted by Crippen LogP contribution is 2.62. The molecule has 2 heterocycles. The first kappa shape index (κ1) is 56.1. The summed E-state index contributed by atoms with van der Waals surface area (Å²) in [5.41, 5.74) is 2.85. The second-order valence-corrected chi connectivity index (χ2v) is 22.4. The first-order valence-corrected chi connectivity index (χ1v) is 28.4. The fourth-order valence-corrected chi connectivity index (χ4v) is 12.2. The largest absolute Gasteiger partial charge is 0.459 e. The van der Waals surface area contributed by atoms with Gasteiger partial charge in [-0.1, -0.05) is 127 Å². The van der Waals surface area contributed by atoms with Crippen LogP contribution in [-0.4, -0.2) is 83.4 Å². The van der Waals surface area contributed by atoms with Crippen LogP contribution in [0.25, 0.3) is 0 Å². The molecule has 0 aromatic heterocycles. The Kier molecular flexibility index (Phi) is 21.4. The van der Waals surface area contributed by atoms with E-state index in [-0.39, 0.29) is 63.2 Å². The van der Waals surface area contributed by atoms with Crippen LogP contribution in [0.15, 0.2) is 65.9 Å². The molecule has 0 saturated heterocycles. The molecule has 2 aromatic carbocycles. The molecule has 0 unspecified atom stereocenters. The van der Waals surface area contributed by atoms with Gasteiger partial charge < -0.3 is 49.0 Å². The van der Waals surface area contributed by atoms with Gasteiger partial charge in [-0.25, -0.2) is 4.79 Å². The van der Waals surface area contributed by atoms with Crippen molar-refractivity contribution < 1.29 is 48.3 Å². The number of fused-ring (bicyclic) bond motifs is 3. The number of hydrogen-bond donors (Lipinski definition) is 3. The summed E-state index contributed by atoms with van der Waals surface area (Å²) in [7, 11) is 0. The number of rotatable bonds is 30. The van der Waals surface area contributed by atoms with Crippen molar-refractivity contribution in [1.29, 1.82) is 0 Å². The third-order valence-corrected chi connectivity index (χ3v) is 15.8. The summed E-state index contributed by atoms with van der Waals surface area (Å²) < 4.78 is 32.5. The summed E-state index contributed by atoms with van der Waals surface area (Å²) in [6.07, 6.45) is 26.4. The van der Waals surface area contributed by atoms with Crippen LogP contribution in [0.3, 0.4) is 0 Å². The van der Waals surface area contributed by atoms with Crippen molar-refractivity contribution in [3.63, 3.8) is 0 Å². The number of benzene rings is 2. The summed E-state index contributed by atoms with van der Waals surface area (Å²) in [6, 6.07) is 10.8. The second-order valence-electron chi connectivity index (χ2n) is 22.4. The van der Waals surface area contributed by atoms with Crippen LogP contribution in [0, 0.1) is 23.7 Å². The minimum Gasteiger partial charge on any atom is -0.459 e. The first-order valence-electron chi connectivity index (χ1n) is 28.4. The Hall–Kier alpha value is -4.59. The van der Waals surface area contributed by atoms with Crippen LogP contribution >= 0.6 is 0 Å².